The van der Waals surface area contributed by atoms with Crippen LogP contribution in [0.5, 0.6) is 0 Å². The molecule has 0 spiro atoms. The van der Waals surface area contributed by atoms with E-state index in [4.69, 9.17) is 0 Å². The van der Waals surface area contributed by atoms with Crippen molar-refractivity contribution in [3.8, 4) is 0 Å². The molecule has 4 rings (SSSR count). The van der Waals surface area contributed by atoms with E-state index < -0.39 is 22.0 Å². The summed E-state index contributed by atoms with van der Waals surface area (Å²) in [5.41, 5.74) is 4.04. The van der Waals surface area contributed by atoms with Crippen molar-refractivity contribution in [2.75, 3.05) is 0 Å². The highest BCUT2D eigenvalue weighted by Crippen LogP contribution is 2.30. The topological polar surface area (TPSA) is 81.1 Å². The monoisotopic (exact) mass is 487 g/mol. The minimum Gasteiger partial charge on any atom is -0.272 e. The number of aryl methyl sites for hydroxylation is 3. The van der Waals surface area contributed by atoms with Gasteiger partial charge in [0.15, 0.2) is 0 Å². The lowest BCUT2D eigenvalue weighted by atomic mass is 9.87. The van der Waals surface area contributed by atoms with Gasteiger partial charge in [0.05, 0.1) is 22.5 Å². The van der Waals surface area contributed by atoms with E-state index in [2.05, 4.69) is 9.82 Å². The fourth-order valence-electron chi connectivity index (χ4n) is 4.22. The number of rotatable bonds is 8. The van der Waals surface area contributed by atoms with E-state index >= 15 is 0 Å². The molecule has 1 N–H and O–H groups in total. The molecule has 0 saturated heterocycles. The van der Waals surface area contributed by atoms with Gasteiger partial charge in [-0.3, -0.25) is 4.79 Å². The molecule has 0 fully saturated rings. The summed E-state index contributed by atoms with van der Waals surface area (Å²) in [6, 6.07) is 26.6. The summed E-state index contributed by atoms with van der Waals surface area (Å²) in [6.07, 6.45) is 0.341. The molecule has 2 unspecified atom stereocenters. The van der Waals surface area contributed by atoms with Crippen LogP contribution in [0.3, 0.4) is 0 Å². The minimum absolute atomic E-state index is 0.154. The van der Waals surface area contributed by atoms with Gasteiger partial charge in [-0.15, -0.1) is 0 Å². The van der Waals surface area contributed by atoms with E-state index in [1.54, 1.807) is 24.3 Å². The second-order valence-electron chi connectivity index (χ2n) is 8.80. The normalized spacial score (nSPS) is 13.3. The molecule has 4 aromatic rings. The Hall–Kier alpha value is -3.55. The zero-order valence-corrected chi connectivity index (χ0v) is 20.9. The van der Waals surface area contributed by atoms with Gasteiger partial charge in [0, 0.05) is 5.69 Å². The van der Waals surface area contributed by atoms with Gasteiger partial charge in [0.1, 0.15) is 0 Å². The van der Waals surface area contributed by atoms with Crippen LogP contribution in [0.25, 0.3) is 0 Å². The highest BCUT2D eigenvalue weighted by Gasteiger charge is 2.35. The largest absolute Gasteiger partial charge is 0.272 e. The molecule has 0 aliphatic carbocycles. The van der Waals surface area contributed by atoms with Gasteiger partial charge in [0.25, 0.3) is 5.91 Å². The molecule has 1 aromatic heterocycles. The van der Waals surface area contributed by atoms with Crippen molar-refractivity contribution < 1.29 is 13.2 Å². The van der Waals surface area contributed by atoms with Crippen LogP contribution in [-0.2, 0) is 16.4 Å². The number of nitrogens with zero attached hydrogens (tertiary/aromatic N) is 2. The van der Waals surface area contributed by atoms with Crippen LogP contribution in [-0.4, -0.2) is 24.1 Å². The summed E-state index contributed by atoms with van der Waals surface area (Å²) in [5, 5.41) is 4.40. The number of carbonyl (C=O) groups is 1. The maximum atomic E-state index is 13.9. The molecule has 6 nitrogen and oxygen atoms in total. The number of aromatic nitrogens is 2. The highest BCUT2D eigenvalue weighted by molar-refractivity contribution is 7.89. The van der Waals surface area contributed by atoms with Crippen LogP contribution in [0.15, 0.2) is 95.9 Å². The van der Waals surface area contributed by atoms with Crippen LogP contribution in [0.2, 0.25) is 0 Å². The molecule has 1 heterocycles. The number of hydrogen-bond acceptors (Lipinski definition) is 4. The van der Waals surface area contributed by atoms with E-state index in [9.17, 15) is 13.2 Å². The third-order valence-electron chi connectivity index (χ3n) is 6.01. The van der Waals surface area contributed by atoms with Crippen molar-refractivity contribution in [2.45, 2.75) is 38.1 Å². The van der Waals surface area contributed by atoms with E-state index in [0.717, 1.165) is 16.8 Å². The first-order valence-corrected chi connectivity index (χ1v) is 13.0. The Morgan fingerprint density at radius 1 is 0.886 bits per heavy atom. The van der Waals surface area contributed by atoms with Crippen LogP contribution >= 0.6 is 0 Å². The van der Waals surface area contributed by atoms with Gasteiger partial charge in [-0.1, -0.05) is 78.4 Å². The Labute approximate surface area is 206 Å². The lowest BCUT2D eigenvalue weighted by Crippen LogP contribution is -2.40. The number of nitrogens with one attached hydrogen (secondary N) is 1. The van der Waals surface area contributed by atoms with Crippen molar-refractivity contribution in [1.82, 2.24) is 14.5 Å². The van der Waals surface area contributed by atoms with Gasteiger partial charge in [-0.25, -0.2) is 17.8 Å². The number of sulfonamides is 1. The minimum atomic E-state index is -3.91. The first kappa shape index (κ1) is 24.6. The smallest absolute Gasteiger partial charge is 0.252 e. The first-order valence-electron chi connectivity index (χ1n) is 11.5. The Bertz CT molecular complexity index is 1400. The summed E-state index contributed by atoms with van der Waals surface area (Å²) < 4.78 is 31.2. The second-order valence-corrected chi connectivity index (χ2v) is 10.5. The molecule has 3 aromatic carbocycles. The molecule has 180 valence electrons. The average molecular weight is 488 g/mol. The summed E-state index contributed by atoms with van der Waals surface area (Å²) in [6.45, 7) is 5.56. The second kappa shape index (κ2) is 10.4. The first-order chi connectivity index (χ1) is 16.7. The maximum absolute atomic E-state index is 13.9. The number of benzene rings is 3. The third kappa shape index (κ3) is 5.75. The van der Waals surface area contributed by atoms with Crippen molar-refractivity contribution in [3.05, 3.63) is 119 Å². The molecule has 0 bridgehead atoms. The van der Waals surface area contributed by atoms with Gasteiger partial charge >= 0.3 is 0 Å². The molecule has 7 heteroatoms. The Balaban J connectivity index is 1.81. The molecule has 2 atom stereocenters. The number of hydrogen-bond donors (Lipinski definition) is 1. The summed E-state index contributed by atoms with van der Waals surface area (Å²) in [4.78, 5) is 14.1. The Kier molecular flexibility index (Phi) is 7.28. The van der Waals surface area contributed by atoms with Gasteiger partial charge in [-0.05, 0) is 56.5 Å². The summed E-state index contributed by atoms with van der Waals surface area (Å²) >= 11 is 0. The van der Waals surface area contributed by atoms with Crippen LogP contribution in [0, 0.1) is 26.7 Å². The standard InChI is InChI=1S/C28H29N3O3S/c1-20-14-16-25(17-15-20)35(33,34)30-27(24-12-8-5-9-13-24)26(19-23-10-6-4-7-11-23)28(32)31-22(3)18-21(2)29-31/h4-18,26-27,30H,19H2,1-3H3. The van der Waals surface area contributed by atoms with Crippen molar-refractivity contribution in [3.63, 3.8) is 0 Å². The molecule has 35 heavy (non-hydrogen) atoms. The third-order valence-corrected chi connectivity index (χ3v) is 7.47. The fourth-order valence-corrected chi connectivity index (χ4v) is 5.49. The van der Waals surface area contributed by atoms with E-state index in [1.165, 1.54) is 4.68 Å². The van der Waals surface area contributed by atoms with E-state index in [-0.39, 0.29) is 10.8 Å². The fraction of sp³-hybridized carbons (Fsp3) is 0.214. The van der Waals surface area contributed by atoms with Crippen LogP contribution in [0.4, 0.5) is 0 Å². The molecular weight excluding hydrogens is 458 g/mol. The Morgan fingerprint density at radius 3 is 2.06 bits per heavy atom. The van der Waals surface area contributed by atoms with Gasteiger partial charge in [0.2, 0.25) is 10.0 Å². The summed E-state index contributed by atoms with van der Waals surface area (Å²) in [5.74, 6) is -1.00. The van der Waals surface area contributed by atoms with Crippen molar-refractivity contribution in [2.24, 2.45) is 5.92 Å². The van der Waals surface area contributed by atoms with Gasteiger partial charge in [-0.2, -0.15) is 5.10 Å². The number of carbonyl (C=O) groups excluding carboxylic acids is 1. The SMILES string of the molecule is Cc1ccc(S(=O)(=O)NC(c2ccccc2)C(Cc2ccccc2)C(=O)n2nc(C)cc2C)cc1. The van der Waals surface area contributed by atoms with Crippen molar-refractivity contribution >= 4 is 15.9 Å². The predicted molar refractivity (Wildman–Crippen MR) is 137 cm³/mol. The zero-order valence-electron chi connectivity index (χ0n) is 20.0. The highest BCUT2D eigenvalue weighted by atomic mass is 32.2. The predicted octanol–water partition coefficient (Wildman–Crippen LogP) is 5.03. The molecule has 0 saturated carbocycles. The molecule has 0 radical (unpaired) electrons. The maximum Gasteiger partial charge on any atom is 0.252 e. The van der Waals surface area contributed by atoms with E-state index in [1.807, 2.05) is 87.5 Å². The van der Waals surface area contributed by atoms with E-state index in [0.29, 0.717) is 17.7 Å². The molecular formula is C28H29N3O3S. The zero-order chi connectivity index (χ0) is 25.0. The lowest BCUT2D eigenvalue weighted by Gasteiger charge is -2.28. The van der Waals surface area contributed by atoms with Gasteiger partial charge < -0.3 is 0 Å². The quantitative estimate of drug-likeness (QED) is 0.378. The van der Waals surface area contributed by atoms with Crippen LogP contribution in [0.1, 0.15) is 38.9 Å². The average Bonchev–Trinajstić information content (AvgIpc) is 3.20. The lowest BCUT2D eigenvalue weighted by molar-refractivity contribution is 0.0787. The Morgan fingerprint density at radius 2 is 1.49 bits per heavy atom. The van der Waals surface area contributed by atoms with Crippen LogP contribution < -0.4 is 4.72 Å². The molecule has 0 aliphatic rings. The van der Waals surface area contributed by atoms with Crippen molar-refractivity contribution in [1.29, 1.82) is 0 Å². The summed E-state index contributed by atoms with van der Waals surface area (Å²) in [7, 11) is -3.91. The molecule has 0 aliphatic heterocycles. The molecule has 0 amide bonds.